The number of rotatable bonds is 6. The van der Waals surface area contributed by atoms with Crippen molar-refractivity contribution in [3.05, 3.63) is 101 Å². The van der Waals surface area contributed by atoms with Crippen LogP contribution >= 0.6 is 11.6 Å². The van der Waals surface area contributed by atoms with E-state index >= 15 is 0 Å². The minimum absolute atomic E-state index is 0.767. The molecule has 0 saturated heterocycles. The number of hydrogen-bond donors (Lipinski definition) is 1. The van der Waals surface area contributed by atoms with Gasteiger partial charge in [0.25, 0.3) is 0 Å². The van der Waals surface area contributed by atoms with Gasteiger partial charge in [-0.3, -0.25) is 4.98 Å². The second-order valence-corrected chi connectivity index (χ2v) is 6.76. The van der Waals surface area contributed by atoms with Crippen molar-refractivity contribution in [1.29, 1.82) is 0 Å². The normalized spacial score (nSPS) is 11.1. The molecule has 130 valence electrons. The molecule has 2 aromatic heterocycles. The van der Waals surface area contributed by atoms with E-state index in [2.05, 4.69) is 57.5 Å². The maximum absolute atomic E-state index is 6.35. The molecule has 2 aromatic carbocycles. The van der Waals surface area contributed by atoms with Gasteiger partial charge in [0.15, 0.2) is 0 Å². The van der Waals surface area contributed by atoms with Crippen LogP contribution in [0.3, 0.4) is 0 Å². The molecule has 0 bridgehead atoms. The van der Waals surface area contributed by atoms with Crippen LogP contribution in [0, 0.1) is 0 Å². The third-order valence-corrected chi connectivity index (χ3v) is 4.91. The largest absolute Gasteiger partial charge is 0.343 e. The Labute approximate surface area is 158 Å². The van der Waals surface area contributed by atoms with Crippen LogP contribution in [0.1, 0.15) is 16.7 Å². The molecular formula is C22H20ClN3. The van der Waals surface area contributed by atoms with Crippen molar-refractivity contribution in [2.75, 3.05) is 0 Å². The molecule has 0 saturated carbocycles. The van der Waals surface area contributed by atoms with Gasteiger partial charge in [-0.2, -0.15) is 0 Å². The molecule has 4 heteroatoms. The number of nitrogens with zero attached hydrogens (tertiary/aromatic N) is 2. The van der Waals surface area contributed by atoms with E-state index in [1.165, 1.54) is 22.0 Å². The molecule has 4 rings (SSSR count). The van der Waals surface area contributed by atoms with Gasteiger partial charge in [-0.05, 0) is 34.9 Å². The van der Waals surface area contributed by atoms with Crippen LogP contribution in [0.2, 0.25) is 5.02 Å². The Kier molecular flexibility index (Phi) is 5.00. The van der Waals surface area contributed by atoms with E-state index in [-0.39, 0.29) is 0 Å². The number of hydrogen-bond acceptors (Lipinski definition) is 2. The first kappa shape index (κ1) is 16.8. The lowest BCUT2D eigenvalue weighted by atomic mass is 10.1. The zero-order chi connectivity index (χ0) is 17.8. The number of aromatic nitrogens is 2. The second-order valence-electron chi connectivity index (χ2n) is 6.36. The minimum Gasteiger partial charge on any atom is -0.343 e. The summed E-state index contributed by atoms with van der Waals surface area (Å²) in [5.74, 6) is 0. The molecule has 4 aromatic rings. The highest BCUT2D eigenvalue weighted by Gasteiger charge is 2.09. The van der Waals surface area contributed by atoms with Crippen molar-refractivity contribution in [2.45, 2.75) is 19.6 Å². The van der Waals surface area contributed by atoms with Crippen LogP contribution in [-0.4, -0.2) is 9.55 Å². The fraction of sp³-hybridized carbons (Fsp3) is 0.136. The van der Waals surface area contributed by atoms with Crippen molar-refractivity contribution in [3.63, 3.8) is 0 Å². The maximum atomic E-state index is 6.35. The van der Waals surface area contributed by atoms with Crippen LogP contribution in [0.4, 0.5) is 0 Å². The molecule has 1 N–H and O–H groups in total. The topological polar surface area (TPSA) is 29.9 Å². The van der Waals surface area contributed by atoms with Gasteiger partial charge in [0, 0.05) is 54.2 Å². The molecule has 0 unspecified atom stereocenters. The average Bonchev–Trinajstić information content (AvgIpc) is 3.02. The van der Waals surface area contributed by atoms with Crippen LogP contribution in [0.25, 0.3) is 10.9 Å². The molecule has 0 aliphatic rings. The standard InChI is InChI=1S/C22H20ClN3/c23-21-9-3-1-7-18(21)15-26-16-19(20-8-2-4-10-22(20)26)14-25-13-17-6-5-11-24-12-17/h1-12,16,25H,13-15H2. The molecule has 0 radical (unpaired) electrons. The van der Waals surface area contributed by atoms with Gasteiger partial charge in [-0.15, -0.1) is 0 Å². The summed E-state index contributed by atoms with van der Waals surface area (Å²) in [5.41, 5.74) is 4.83. The monoisotopic (exact) mass is 361 g/mol. The van der Waals surface area contributed by atoms with E-state index in [0.717, 1.165) is 30.2 Å². The van der Waals surface area contributed by atoms with E-state index in [4.69, 9.17) is 11.6 Å². The third-order valence-electron chi connectivity index (χ3n) is 4.54. The van der Waals surface area contributed by atoms with Gasteiger partial charge in [-0.25, -0.2) is 0 Å². The van der Waals surface area contributed by atoms with Crippen LogP contribution < -0.4 is 5.32 Å². The summed E-state index contributed by atoms with van der Waals surface area (Å²) in [7, 11) is 0. The molecule has 0 aliphatic carbocycles. The number of para-hydroxylation sites is 1. The third kappa shape index (κ3) is 3.64. The first-order valence-corrected chi connectivity index (χ1v) is 9.09. The lowest BCUT2D eigenvalue weighted by molar-refractivity contribution is 0.690. The van der Waals surface area contributed by atoms with Gasteiger partial charge in [-0.1, -0.05) is 54.1 Å². The molecular weight excluding hydrogens is 342 g/mol. The number of fused-ring (bicyclic) bond motifs is 1. The summed E-state index contributed by atoms with van der Waals surface area (Å²) in [6.07, 6.45) is 5.92. The molecule has 26 heavy (non-hydrogen) atoms. The van der Waals surface area contributed by atoms with Crippen molar-refractivity contribution < 1.29 is 0 Å². The Morgan fingerprint density at radius 1 is 0.885 bits per heavy atom. The quantitative estimate of drug-likeness (QED) is 0.522. The highest BCUT2D eigenvalue weighted by molar-refractivity contribution is 6.31. The average molecular weight is 362 g/mol. The molecule has 2 heterocycles. The van der Waals surface area contributed by atoms with E-state index < -0.39 is 0 Å². The summed E-state index contributed by atoms with van der Waals surface area (Å²) >= 11 is 6.35. The van der Waals surface area contributed by atoms with Crippen molar-refractivity contribution in [1.82, 2.24) is 14.9 Å². The van der Waals surface area contributed by atoms with Crippen LogP contribution in [0.15, 0.2) is 79.3 Å². The molecule has 0 aliphatic heterocycles. The van der Waals surface area contributed by atoms with Crippen molar-refractivity contribution >= 4 is 22.5 Å². The first-order valence-electron chi connectivity index (χ1n) is 8.71. The van der Waals surface area contributed by atoms with Crippen molar-refractivity contribution in [3.8, 4) is 0 Å². The Morgan fingerprint density at radius 2 is 1.73 bits per heavy atom. The number of benzene rings is 2. The number of halogens is 1. The highest BCUT2D eigenvalue weighted by atomic mass is 35.5. The van der Waals surface area contributed by atoms with Crippen LogP contribution in [-0.2, 0) is 19.6 Å². The fourth-order valence-electron chi connectivity index (χ4n) is 3.25. The second kappa shape index (κ2) is 7.73. The van der Waals surface area contributed by atoms with Crippen molar-refractivity contribution in [2.24, 2.45) is 0 Å². The Morgan fingerprint density at radius 3 is 2.58 bits per heavy atom. The van der Waals surface area contributed by atoms with Gasteiger partial charge in [0.2, 0.25) is 0 Å². The smallest absolute Gasteiger partial charge is 0.0491 e. The Bertz CT molecular complexity index is 1010. The predicted octanol–water partition coefficient (Wildman–Crippen LogP) is 5.03. The van der Waals surface area contributed by atoms with Gasteiger partial charge < -0.3 is 9.88 Å². The predicted molar refractivity (Wildman–Crippen MR) is 107 cm³/mol. The zero-order valence-electron chi connectivity index (χ0n) is 14.4. The minimum atomic E-state index is 0.767. The summed E-state index contributed by atoms with van der Waals surface area (Å²) in [5, 5.41) is 5.60. The van der Waals surface area contributed by atoms with Crippen LogP contribution in [0.5, 0.6) is 0 Å². The Hall–Kier alpha value is -2.62. The lowest BCUT2D eigenvalue weighted by Gasteiger charge is -2.07. The van der Waals surface area contributed by atoms with Gasteiger partial charge in [0.05, 0.1) is 0 Å². The van der Waals surface area contributed by atoms with Gasteiger partial charge >= 0.3 is 0 Å². The molecule has 0 fully saturated rings. The SMILES string of the molecule is Clc1ccccc1Cn1cc(CNCc2cccnc2)c2ccccc21. The first-order chi connectivity index (χ1) is 12.8. The Balaban J connectivity index is 1.57. The summed E-state index contributed by atoms with van der Waals surface area (Å²) in [4.78, 5) is 4.16. The lowest BCUT2D eigenvalue weighted by Crippen LogP contribution is -2.12. The van der Waals surface area contributed by atoms with E-state index in [1.54, 1.807) is 6.20 Å². The number of pyridine rings is 1. The maximum Gasteiger partial charge on any atom is 0.0491 e. The van der Waals surface area contributed by atoms with E-state index in [9.17, 15) is 0 Å². The zero-order valence-corrected chi connectivity index (χ0v) is 15.2. The molecule has 0 amide bonds. The van der Waals surface area contributed by atoms with E-state index in [0.29, 0.717) is 0 Å². The molecule has 3 nitrogen and oxygen atoms in total. The summed E-state index contributed by atoms with van der Waals surface area (Å²) < 4.78 is 2.28. The molecule has 0 atom stereocenters. The highest BCUT2D eigenvalue weighted by Crippen LogP contribution is 2.24. The summed E-state index contributed by atoms with van der Waals surface area (Å²) in [6, 6.07) is 20.6. The van der Waals surface area contributed by atoms with Gasteiger partial charge in [0.1, 0.15) is 0 Å². The summed E-state index contributed by atoms with van der Waals surface area (Å²) in [6.45, 7) is 2.38. The fourth-order valence-corrected chi connectivity index (χ4v) is 3.44. The van der Waals surface area contributed by atoms with E-state index in [1.807, 2.05) is 30.5 Å². The molecule has 0 spiro atoms. The number of nitrogens with one attached hydrogen (secondary N) is 1.